The van der Waals surface area contributed by atoms with Crippen LogP contribution in [0.4, 0.5) is 0 Å². The highest BCUT2D eigenvalue weighted by molar-refractivity contribution is 4.93. The quantitative estimate of drug-likeness (QED) is 0.714. The molecule has 1 fully saturated rings. The van der Waals surface area contributed by atoms with Crippen molar-refractivity contribution in [2.75, 3.05) is 19.6 Å². The van der Waals surface area contributed by atoms with Crippen LogP contribution in [0, 0.1) is 5.92 Å². The van der Waals surface area contributed by atoms with Gasteiger partial charge in [0.25, 0.3) is 0 Å². The third-order valence-corrected chi connectivity index (χ3v) is 2.52. The Kier molecular flexibility index (Phi) is 3.43. The maximum Gasteiger partial charge on any atom is 0.0724 e. The minimum atomic E-state index is 0.784. The largest absolute Gasteiger partial charge is 0.316 e. The minimum Gasteiger partial charge on any atom is -0.316 e. The van der Waals surface area contributed by atoms with Gasteiger partial charge >= 0.3 is 0 Å². The first kappa shape index (κ1) is 9.55. The molecule has 2 rings (SSSR count). The van der Waals surface area contributed by atoms with Crippen molar-refractivity contribution in [3.8, 4) is 0 Å². The predicted molar refractivity (Wildman–Crippen MR) is 54.7 cm³/mol. The van der Waals surface area contributed by atoms with Gasteiger partial charge in [-0.15, -0.1) is 0 Å². The molecule has 0 amide bonds. The van der Waals surface area contributed by atoms with Gasteiger partial charge < -0.3 is 10.6 Å². The molecule has 14 heavy (non-hydrogen) atoms. The molecule has 1 atom stereocenters. The van der Waals surface area contributed by atoms with Crippen LogP contribution in [0.1, 0.15) is 12.1 Å². The fourth-order valence-corrected chi connectivity index (χ4v) is 1.71. The van der Waals surface area contributed by atoms with E-state index in [0.717, 1.165) is 37.8 Å². The topological polar surface area (TPSA) is 49.8 Å². The zero-order valence-electron chi connectivity index (χ0n) is 8.24. The second-order valence-electron chi connectivity index (χ2n) is 3.69. The third-order valence-electron chi connectivity index (χ3n) is 2.52. The van der Waals surface area contributed by atoms with Crippen LogP contribution in [-0.4, -0.2) is 29.6 Å². The molecule has 0 aromatic carbocycles. The molecular weight excluding hydrogens is 176 g/mol. The molecule has 1 aliphatic heterocycles. The van der Waals surface area contributed by atoms with E-state index in [1.165, 1.54) is 6.42 Å². The number of aromatic nitrogens is 2. The van der Waals surface area contributed by atoms with Gasteiger partial charge in [0.15, 0.2) is 0 Å². The van der Waals surface area contributed by atoms with Crippen molar-refractivity contribution >= 4 is 0 Å². The van der Waals surface area contributed by atoms with Gasteiger partial charge in [-0.05, 0) is 32.0 Å². The van der Waals surface area contributed by atoms with Gasteiger partial charge in [-0.25, -0.2) is 0 Å². The summed E-state index contributed by atoms with van der Waals surface area (Å²) in [6.07, 6.45) is 6.52. The maximum atomic E-state index is 4.20. The molecule has 0 spiro atoms. The second kappa shape index (κ2) is 5.02. The van der Waals surface area contributed by atoms with Gasteiger partial charge in [-0.1, -0.05) is 0 Å². The highest BCUT2D eigenvalue weighted by Crippen LogP contribution is 2.05. The van der Waals surface area contributed by atoms with Crippen molar-refractivity contribution in [1.29, 1.82) is 0 Å². The SMILES string of the molecule is c1cnc(CNC[C@@H]2CCNC2)cn1. The Morgan fingerprint density at radius 3 is 3.21 bits per heavy atom. The third kappa shape index (κ3) is 2.75. The predicted octanol–water partition coefficient (Wildman–Crippen LogP) is 0.176. The normalized spacial score (nSPS) is 21.3. The number of nitrogens with zero attached hydrogens (tertiary/aromatic N) is 2. The Balaban J connectivity index is 1.67. The zero-order valence-corrected chi connectivity index (χ0v) is 8.24. The molecule has 1 aromatic heterocycles. The van der Waals surface area contributed by atoms with Crippen molar-refractivity contribution in [1.82, 2.24) is 20.6 Å². The standard InChI is InChI=1S/C10H16N4/c1-2-11-5-9(1)6-13-8-10-7-12-3-4-14-10/h3-4,7,9,11,13H,1-2,5-6,8H2/t9-/m1/s1. The van der Waals surface area contributed by atoms with Crippen LogP contribution in [0.25, 0.3) is 0 Å². The molecule has 1 aromatic rings. The first-order chi connectivity index (χ1) is 6.95. The van der Waals surface area contributed by atoms with E-state index in [1.54, 1.807) is 18.6 Å². The number of hydrogen-bond acceptors (Lipinski definition) is 4. The van der Waals surface area contributed by atoms with E-state index >= 15 is 0 Å². The lowest BCUT2D eigenvalue weighted by Gasteiger charge is -2.08. The molecule has 1 saturated heterocycles. The average Bonchev–Trinajstić information content (AvgIpc) is 2.72. The van der Waals surface area contributed by atoms with Crippen molar-refractivity contribution in [2.45, 2.75) is 13.0 Å². The van der Waals surface area contributed by atoms with Crippen LogP contribution in [-0.2, 0) is 6.54 Å². The van der Waals surface area contributed by atoms with Crippen molar-refractivity contribution in [3.63, 3.8) is 0 Å². The van der Waals surface area contributed by atoms with E-state index in [1.807, 2.05) is 0 Å². The first-order valence-electron chi connectivity index (χ1n) is 5.11. The van der Waals surface area contributed by atoms with Gasteiger partial charge in [0, 0.05) is 25.1 Å². The van der Waals surface area contributed by atoms with Gasteiger partial charge in [-0.3, -0.25) is 9.97 Å². The van der Waals surface area contributed by atoms with Crippen molar-refractivity contribution < 1.29 is 0 Å². The summed E-state index contributed by atoms with van der Waals surface area (Å²) in [5.74, 6) is 0.784. The lowest BCUT2D eigenvalue weighted by Crippen LogP contribution is -2.24. The summed E-state index contributed by atoms with van der Waals surface area (Å²) in [4.78, 5) is 8.22. The summed E-state index contributed by atoms with van der Waals surface area (Å²) < 4.78 is 0. The smallest absolute Gasteiger partial charge is 0.0724 e. The van der Waals surface area contributed by atoms with Crippen LogP contribution in [0.2, 0.25) is 0 Å². The van der Waals surface area contributed by atoms with E-state index in [4.69, 9.17) is 0 Å². The van der Waals surface area contributed by atoms with Crippen LogP contribution >= 0.6 is 0 Å². The van der Waals surface area contributed by atoms with Crippen molar-refractivity contribution in [3.05, 3.63) is 24.3 Å². The molecule has 0 radical (unpaired) electrons. The summed E-state index contributed by atoms with van der Waals surface area (Å²) in [5.41, 5.74) is 1.01. The lowest BCUT2D eigenvalue weighted by molar-refractivity contribution is 0.509. The highest BCUT2D eigenvalue weighted by Gasteiger charge is 2.13. The highest BCUT2D eigenvalue weighted by atomic mass is 14.9. The summed E-state index contributed by atoms with van der Waals surface area (Å²) in [6.45, 7) is 4.21. The Bertz CT molecular complexity index is 256. The lowest BCUT2D eigenvalue weighted by atomic mass is 10.1. The molecular formula is C10H16N4. The summed E-state index contributed by atoms with van der Waals surface area (Å²) in [7, 11) is 0. The molecule has 2 N–H and O–H groups in total. The Hall–Kier alpha value is -1.00. The monoisotopic (exact) mass is 192 g/mol. The Morgan fingerprint density at radius 1 is 1.50 bits per heavy atom. The molecule has 2 heterocycles. The molecule has 76 valence electrons. The molecule has 0 saturated carbocycles. The molecule has 0 bridgehead atoms. The molecule has 4 nitrogen and oxygen atoms in total. The summed E-state index contributed by atoms with van der Waals surface area (Å²) >= 11 is 0. The summed E-state index contributed by atoms with van der Waals surface area (Å²) in [5, 5.41) is 6.75. The van der Waals surface area contributed by atoms with Crippen LogP contribution in [0.5, 0.6) is 0 Å². The Morgan fingerprint density at radius 2 is 2.50 bits per heavy atom. The van der Waals surface area contributed by atoms with Gasteiger partial charge in [0.1, 0.15) is 0 Å². The number of hydrogen-bond donors (Lipinski definition) is 2. The molecule has 0 aliphatic carbocycles. The van der Waals surface area contributed by atoms with Crippen molar-refractivity contribution in [2.24, 2.45) is 5.92 Å². The molecule has 0 unspecified atom stereocenters. The van der Waals surface area contributed by atoms with E-state index in [-0.39, 0.29) is 0 Å². The fourth-order valence-electron chi connectivity index (χ4n) is 1.71. The fraction of sp³-hybridized carbons (Fsp3) is 0.600. The molecule has 4 heteroatoms. The van der Waals surface area contributed by atoms with Gasteiger partial charge in [0.05, 0.1) is 5.69 Å². The van der Waals surface area contributed by atoms with Gasteiger partial charge in [-0.2, -0.15) is 0 Å². The van der Waals surface area contributed by atoms with E-state index in [2.05, 4.69) is 20.6 Å². The van der Waals surface area contributed by atoms with E-state index in [0.29, 0.717) is 0 Å². The zero-order chi connectivity index (χ0) is 9.64. The number of nitrogens with one attached hydrogen (secondary N) is 2. The second-order valence-corrected chi connectivity index (χ2v) is 3.69. The number of rotatable bonds is 4. The summed E-state index contributed by atoms with van der Waals surface area (Å²) in [6, 6.07) is 0. The van der Waals surface area contributed by atoms with E-state index < -0.39 is 0 Å². The maximum absolute atomic E-state index is 4.20. The Labute approximate surface area is 84.2 Å². The van der Waals surface area contributed by atoms with Crippen LogP contribution in [0.15, 0.2) is 18.6 Å². The van der Waals surface area contributed by atoms with Crippen LogP contribution < -0.4 is 10.6 Å². The first-order valence-corrected chi connectivity index (χ1v) is 5.11. The van der Waals surface area contributed by atoms with Gasteiger partial charge in [0.2, 0.25) is 0 Å². The molecule has 1 aliphatic rings. The minimum absolute atomic E-state index is 0.784. The average molecular weight is 192 g/mol. The van der Waals surface area contributed by atoms with E-state index in [9.17, 15) is 0 Å². The van der Waals surface area contributed by atoms with Crippen LogP contribution in [0.3, 0.4) is 0 Å².